The molecule has 5 nitrogen and oxygen atoms in total. The number of anilines is 1. The molecular weight excluding hydrogens is 322 g/mol. The first-order valence-corrected chi connectivity index (χ1v) is 8.30. The van der Waals surface area contributed by atoms with Crippen molar-refractivity contribution in [1.29, 1.82) is 0 Å². The molecule has 3 aromatic rings. The number of benzene rings is 2. The van der Waals surface area contributed by atoms with E-state index in [9.17, 15) is 10.1 Å². The van der Waals surface area contributed by atoms with Gasteiger partial charge in [-0.2, -0.15) is 0 Å². The molecule has 0 aliphatic carbocycles. The van der Waals surface area contributed by atoms with Gasteiger partial charge in [0.15, 0.2) is 0 Å². The molecule has 0 saturated carbocycles. The maximum Gasteiger partial charge on any atom is 0.311 e. The second-order valence-electron chi connectivity index (χ2n) is 5.16. The molecule has 0 fully saturated rings. The largest absolute Gasteiger partial charge is 0.378 e. The quantitative estimate of drug-likeness (QED) is 0.420. The Morgan fingerprint density at radius 2 is 1.62 bits per heavy atom. The molecule has 0 aliphatic heterocycles. The van der Waals surface area contributed by atoms with Crippen LogP contribution in [0.15, 0.2) is 71.8 Å². The van der Waals surface area contributed by atoms with Gasteiger partial charge in [-0.1, -0.05) is 54.6 Å². The third-order valence-electron chi connectivity index (χ3n) is 3.52. The van der Waals surface area contributed by atoms with Crippen LogP contribution in [0, 0.1) is 10.1 Å². The van der Waals surface area contributed by atoms with Crippen molar-refractivity contribution in [2.45, 2.75) is 10.8 Å². The Bertz CT molecular complexity index is 852. The van der Waals surface area contributed by atoms with Gasteiger partial charge in [0.2, 0.25) is 5.82 Å². The van der Waals surface area contributed by atoms with Crippen LogP contribution < -0.4 is 5.73 Å². The first-order chi connectivity index (χ1) is 11.6. The summed E-state index contributed by atoms with van der Waals surface area (Å²) in [6, 6.07) is 21.5. The average molecular weight is 337 g/mol. The Balaban J connectivity index is 1.67. The van der Waals surface area contributed by atoms with Crippen molar-refractivity contribution in [3.05, 3.63) is 82.4 Å². The lowest BCUT2D eigenvalue weighted by Crippen LogP contribution is -1.98. The fraction of sp³-hybridized carbons (Fsp3) is 0.0556. The maximum atomic E-state index is 10.7. The van der Waals surface area contributed by atoms with Crippen LogP contribution in [0.5, 0.6) is 0 Å². The van der Waals surface area contributed by atoms with Gasteiger partial charge in [-0.05, 0) is 22.8 Å². The fourth-order valence-corrected chi connectivity index (χ4v) is 3.10. The van der Waals surface area contributed by atoms with Gasteiger partial charge in [-0.3, -0.25) is 10.1 Å². The van der Waals surface area contributed by atoms with Crippen molar-refractivity contribution in [3.8, 4) is 11.1 Å². The van der Waals surface area contributed by atoms with Crippen LogP contribution in [-0.2, 0) is 5.75 Å². The van der Waals surface area contributed by atoms with Gasteiger partial charge in [-0.15, -0.1) is 11.8 Å². The monoisotopic (exact) mass is 337 g/mol. The summed E-state index contributed by atoms with van der Waals surface area (Å²) in [4.78, 5) is 14.3. The summed E-state index contributed by atoms with van der Waals surface area (Å²) in [5, 5.41) is 11.4. The van der Waals surface area contributed by atoms with Crippen LogP contribution in [0.25, 0.3) is 11.1 Å². The summed E-state index contributed by atoms with van der Waals surface area (Å²) in [5.41, 5.74) is 8.95. The number of nitrogen functional groups attached to an aromatic ring is 1. The van der Waals surface area contributed by atoms with Gasteiger partial charge >= 0.3 is 5.69 Å². The molecule has 0 saturated heterocycles. The first-order valence-electron chi connectivity index (χ1n) is 7.31. The molecule has 0 aliphatic rings. The van der Waals surface area contributed by atoms with Crippen LogP contribution in [0.2, 0.25) is 0 Å². The summed E-state index contributed by atoms with van der Waals surface area (Å²) in [5.74, 6) is 0.670. The molecule has 0 spiro atoms. The minimum atomic E-state index is -0.529. The molecule has 0 unspecified atom stereocenters. The second kappa shape index (κ2) is 7.14. The smallest absolute Gasteiger partial charge is 0.311 e. The number of hydrogen-bond donors (Lipinski definition) is 1. The van der Waals surface area contributed by atoms with E-state index in [0.717, 1.165) is 11.3 Å². The summed E-state index contributed by atoms with van der Waals surface area (Å²) in [6.45, 7) is 0. The molecule has 24 heavy (non-hydrogen) atoms. The number of hydrogen-bond acceptors (Lipinski definition) is 5. The molecule has 0 radical (unpaired) electrons. The molecule has 3 rings (SSSR count). The van der Waals surface area contributed by atoms with Crippen LogP contribution in [0.1, 0.15) is 5.56 Å². The third kappa shape index (κ3) is 3.72. The Kier molecular flexibility index (Phi) is 4.77. The molecule has 2 aromatic carbocycles. The second-order valence-corrected chi connectivity index (χ2v) is 6.16. The minimum Gasteiger partial charge on any atom is -0.378 e. The standard InChI is InChI=1S/C18H15N3O2S/c19-18-16(21(22)23)10-11-17(20-18)24-12-13-6-8-15(9-7-13)14-4-2-1-3-5-14/h1-11H,12H2,(H2,19,20). The van der Waals surface area contributed by atoms with Gasteiger partial charge in [0, 0.05) is 11.8 Å². The van der Waals surface area contributed by atoms with Crippen molar-refractivity contribution in [3.63, 3.8) is 0 Å². The average Bonchev–Trinajstić information content (AvgIpc) is 2.61. The number of thioether (sulfide) groups is 1. The van der Waals surface area contributed by atoms with E-state index in [1.807, 2.05) is 18.2 Å². The summed E-state index contributed by atoms with van der Waals surface area (Å²) in [6.07, 6.45) is 0. The highest BCUT2D eigenvalue weighted by Gasteiger charge is 2.12. The van der Waals surface area contributed by atoms with E-state index in [0.29, 0.717) is 5.03 Å². The topological polar surface area (TPSA) is 82.0 Å². The Morgan fingerprint density at radius 1 is 0.958 bits per heavy atom. The summed E-state index contributed by atoms with van der Waals surface area (Å²) in [7, 11) is 0. The lowest BCUT2D eigenvalue weighted by molar-refractivity contribution is -0.384. The molecule has 1 aromatic heterocycles. The molecular formula is C18H15N3O2S. The SMILES string of the molecule is Nc1nc(SCc2ccc(-c3ccccc3)cc2)ccc1[N+](=O)[O-]. The lowest BCUT2D eigenvalue weighted by Gasteiger charge is -2.05. The number of pyridine rings is 1. The molecule has 0 atom stereocenters. The lowest BCUT2D eigenvalue weighted by atomic mass is 10.0. The minimum absolute atomic E-state index is 0.0515. The summed E-state index contributed by atoms with van der Waals surface area (Å²) >= 11 is 1.50. The predicted molar refractivity (Wildman–Crippen MR) is 96.7 cm³/mol. The van der Waals surface area contributed by atoms with Gasteiger partial charge < -0.3 is 5.73 Å². The van der Waals surface area contributed by atoms with Crippen LogP contribution >= 0.6 is 11.8 Å². The molecule has 1 heterocycles. The predicted octanol–water partition coefficient (Wildman–Crippen LogP) is 4.53. The van der Waals surface area contributed by atoms with Gasteiger partial charge in [0.05, 0.1) is 9.95 Å². The molecule has 0 amide bonds. The van der Waals surface area contributed by atoms with Crippen molar-refractivity contribution < 1.29 is 4.92 Å². The molecule has 0 bridgehead atoms. The number of rotatable bonds is 5. The maximum absolute atomic E-state index is 10.7. The first kappa shape index (κ1) is 16.0. The Morgan fingerprint density at radius 3 is 2.25 bits per heavy atom. The third-order valence-corrected chi connectivity index (χ3v) is 4.52. The van der Waals surface area contributed by atoms with Crippen molar-refractivity contribution in [2.75, 3.05) is 5.73 Å². The van der Waals surface area contributed by atoms with E-state index in [1.165, 1.54) is 29.0 Å². The van der Waals surface area contributed by atoms with Crippen LogP contribution in [0.4, 0.5) is 11.5 Å². The number of aromatic nitrogens is 1. The van der Waals surface area contributed by atoms with Crippen LogP contribution in [0.3, 0.4) is 0 Å². The van der Waals surface area contributed by atoms with Crippen molar-refractivity contribution in [2.24, 2.45) is 0 Å². The molecule has 2 N–H and O–H groups in total. The zero-order valence-corrected chi connectivity index (χ0v) is 13.6. The van der Waals surface area contributed by atoms with E-state index in [2.05, 4.69) is 41.4 Å². The van der Waals surface area contributed by atoms with Gasteiger partial charge in [0.1, 0.15) is 0 Å². The van der Waals surface area contributed by atoms with E-state index in [4.69, 9.17) is 5.73 Å². The van der Waals surface area contributed by atoms with E-state index in [-0.39, 0.29) is 11.5 Å². The van der Waals surface area contributed by atoms with Gasteiger partial charge in [0.25, 0.3) is 0 Å². The highest BCUT2D eigenvalue weighted by Crippen LogP contribution is 2.27. The van der Waals surface area contributed by atoms with Crippen molar-refractivity contribution in [1.82, 2.24) is 4.98 Å². The van der Waals surface area contributed by atoms with E-state index < -0.39 is 4.92 Å². The van der Waals surface area contributed by atoms with E-state index in [1.54, 1.807) is 6.07 Å². The highest BCUT2D eigenvalue weighted by atomic mass is 32.2. The number of nitro groups is 1. The van der Waals surface area contributed by atoms with Gasteiger partial charge in [-0.25, -0.2) is 4.98 Å². The number of nitrogens with zero attached hydrogens (tertiary/aromatic N) is 2. The normalized spacial score (nSPS) is 10.5. The Labute approximate surface area is 143 Å². The zero-order chi connectivity index (χ0) is 16.9. The fourth-order valence-electron chi connectivity index (χ4n) is 2.26. The van der Waals surface area contributed by atoms with E-state index >= 15 is 0 Å². The number of nitrogens with two attached hydrogens (primary N) is 1. The molecule has 120 valence electrons. The summed E-state index contributed by atoms with van der Waals surface area (Å²) < 4.78 is 0. The van der Waals surface area contributed by atoms with Crippen LogP contribution in [-0.4, -0.2) is 9.91 Å². The zero-order valence-electron chi connectivity index (χ0n) is 12.8. The Hall–Kier alpha value is -2.86. The highest BCUT2D eigenvalue weighted by molar-refractivity contribution is 7.98. The van der Waals surface area contributed by atoms with Crippen molar-refractivity contribution >= 4 is 23.3 Å². The molecule has 6 heteroatoms.